The maximum Gasteiger partial charge on any atom is 0.163 e. The van der Waals surface area contributed by atoms with Gasteiger partial charge in [0.05, 0.1) is 0 Å². The van der Waals surface area contributed by atoms with E-state index < -0.39 is 0 Å². The molecule has 4 aromatic rings. The van der Waals surface area contributed by atoms with Crippen LogP contribution in [-0.2, 0) is 0 Å². The second-order valence-corrected chi connectivity index (χ2v) is 9.85. The minimum Gasteiger partial charge on any atom is -0.508 e. The number of phenols is 1. The monoisotopic (exact) mass is 499 g/mol. The van der Waals surface area contributed by atoms with Crippen LogP contribution in [0, 0.1) is 6.92 Å². The number of aromatic nitrogens is 2. The van der Waals surface area contributed by atoms with Crippen molar-refractivity contribution in [2.75, 3.05) is 28.2 Å². The average molecular weight is 500 g/mol. The Hall–Kier alpha value is -3.77. The van der Waals surface area contributed by atoms with Crippen LogP contribution in [0.25, 0.3) is 11.4 Å². The van der Waals surface area contributed by atoms with Crippen LogP contribution in [0.5, 0.6) is 5.75 Å². The lowest BCUT2D eigenvalue weighted by Crippen LogP contribution is -2.57. The first-order valence-electron chi connectivity index (χ1n) is 12.2. The number of nitrogens with one attached hydrogen (secondary N) is 1. The van der Waals surface area contributed by atoms with Crippen molar-refractivity contribution in [1.29, 1.82) is 0 Å². The third kappa shape index (κ3) is 5.09. The number of hydrogen-bond acceptors (Lipinski definition) is 6. The highest BCUT2D eigenvalue weighted by Gasteiger charge is 2.30. The predicted octanol–water partition coefficient (Wildman–Crippen LogP) is 6.66. The van der Waals surface area contributed by atoms with Crippen molar-refractivity contribution in [3.05, 3.63) is 89.4 Å². The first kappa shape index (κ1) is 23.9. The Balaban J connectivity index is 1.49. The van der Waals surface area contributed by atoms with Gasteiger partial charge in [0.25, 0.3) is 0 Å². The number of hydrogen-bond donors (Lipinski definition) is 2. The summed E-state index contributed by atoms with van der Waals surface area (Å²) in [6, 6.07) is 26.1. The van der Waals surface area contributed by atoms with E-state index in [0.29, 0.717) is 28.7 Å². The molecule has 0 bridgehead atoms. The lowest BCUT2D eigenvalue weighted by atomic mass is 10.1. The molecule has 3 aromatic carbocycles. The summed E-state index contributed by atoms with van der Waals surface area (Å²) in [5, 5.41) is 13.9. The van der Waals surface area contributed by atoms with E-state index in [9.17, 15) is 5.11 Å². The van der Waals surface area contributed by atoms with Gasteiger partial charge in [-0.3, -0.25) is 0 Å². The van der Waals surface area contributed by atoms with E-state index in [1.54, 1.807) is 12.1 Å². The molecule has 36 heavy (non-hydrogen) atoms. The molecule has 0 radical (unpaired) electrons. The Morgan fingerprint density at radius 2 is 1.58 bits per heavy atom. The molecule has 7 heteroatoms. The highest BCUT2D eigenvalue weighted by molar-refractivity contribution is 6.30. The number of para-hydroxylation sites is 1. The summed E-state index contributed by atoms with van der Waals surface area (Å²) in [4.78, 5) is 14.6. The number of aromatic hydroxyl groups is 1. The fourth-order valence-electron chi connectivity index (χ4n) is 4.93. The predicted molar refractivity (Wildman–Crippen MR) is 149 cm³/mol. The Morgan fingerprint density at radius 3 is 2.25 bits per heavy atom. The van der Waals surface area contributed by atoms with Crippen LogP contribution in [0.4, 0.5) is 23.0 Å². The standard InChI is InChI=1S/C29H30ClN5O/c1-19-15-25(36)13-14-26(19)31-27-16-28(33-29(32-27)22-9-11-23(30)12-10-22)34-17-20(2)35(21(3)18-34)24-7-5-4-6-8-24/h4-16,20-21,36H,17-18H2,1-3H3,(H,31,32,33). The van der Waals surface area contributed by atoms with Crippen molar-refractivity contribution >= 4 is 34.6 Å². The fraction of sp³-hybridized carbons (Fsp3) is 0.241. The lowest BCUT2D eigenvalue weighted by molar-refractivity contribution is 0.472. The number of halogens is 1. The normalized spacial score (nSPS) is 17.8. The van der Waals surface area contributed by atoms with Gasteiger partial charge in [-0.2, -0.15) is 0 Å². The van der Waals surface area contributed by atoms with Gasteiger partial charge < -0.3 is 20.2 Å². The van der Waals surface area contributed by atoms with Gasteiger partial charge in [0.2, 0.25) is 0 Å². The molecule has 2 heterocycles. The Labute approximate surface area is 217 Å². The quantitative estimate of drug-likeness (QED) is 0.299. The summed E-state index contributed by atoms with van der Waals surface area (Å²) in [5.41, 5.74) is 3.96. The van der Waals surface area contributed by atoms with Gasteiger partial charge in [-0.05, 0) is 80.9 Å². The van der Waals surface area contributed by atoms with Crippen LogP contribution < -0.4 is 15.1 Å². The second-order valence-electron chi connectivity index (χ2n) is 9.41. The van der Waals surface area contributed by atoms with E-state index >= 15 is 0 Å². The van der Waals surface area contributed by atoms with E-state index in [1.165, 1.54) is 5.69 Å². The highest BCUT2D eigenvalue weighted by Crippen LogP contribution is 2.31. The fourth-order valence-corrected chi connectivity index (χ4v) is 5.06. The molecule has 0 aliphatic carbocycles. The highest BCUT2D eigenvalue weighted by atomic mass is 35.5. The molecule has 1 aliphatic rings. The number of anilines is 4. The SMILES string of the molecule is Cc1cc(O)ccc1Nc1cc(N2CC(C)N(c3ccccc3)C(C)C2)nc(-c2ccc(Cl)cc2)n1. The van der Waals surface area contributed by atoms with Gasteiger partial charge in [-0.15, -0.1) is 0 Å². The minimum absolute atomic E-state index is 0.238. The lowest BCUT2D eigenvalue weighted by Gasteiger charge is -2.46. The van der Waals surface area contributed by atoms with Gasteiger partial charge in [0.1, 0.15) is 17.4 Å². The molecule has 184 valence electrons. The van der Waals surface area contributed by atoms with Crippen LogP contribution in [0.1, 0.15) is 19.4 Å². The van der Waals surface area contributed by atoms with Gasteiger partial charge >= 0.3 is 0 Å². The van der Waals surface area contributed by atoms with Crippen LogP contribution in [-0.4, -0.2) is 40.2 Å². The Bertz CT molecular complexity index is 1330. The maximum atomic E-state index is 9.81. The van der Waals surface area contributed by atoms with Gasteiger partial charge in [0, 0.05) is 53.2 Å². The molecule has 0 saturated carbocycles. The largest absolute Gasteiger partial charge is 0.508 e. The minimum atomic E-state index is 0.238. The van der Waals surface area contributed by atoms with Crippen LogP contribution in [0.3, 0.4) is 0 Å². The molecule has 0 amide bonds. The topological polar surface area (TPSA) is 64.5 Å². The van der Waals surface area contributed by atoms with Crippen LogP contribution in [0.15, 0.2) is 78.9 Å². The second kappa shape index (κ2) is 10.1. The molecule has 2 atom stereocenters. The molecule has 0 spiro atoms. The van der Waals surface area contributed by atoms with E-state index in [-0.39, 0.29) is 5.75 Å². The van der Waals surface area contributed by atoms with Crippen molar-refractivity contribution in [3.63, 3.8) is 0 Å². The summed E-state index contributed by atoms with van der Waals surface area (Å²) in [6.45, 7) is 8.16. The maximum absolute atomic E-state index is 9.81. The molecule has 1 fully saturated rings. The third-order valence-corrected chi connectivity index (χ3v) is 6.84. The molecular formula is C29H30ClN5O. The zero-order valence-corrected chi connectivity index (χ0v) is 21.4. The van der Waals surface area contributed by atoms with Crippen LogP contribution >= 0.6 is 11.6 Å². The molecule has 1 saturated heterocycles. The van der Waals surface area contributed by atoms with Crippen LogP contribution in [0.2, 0.25) is 5.02 Å². The van der Waals surface area contributed by atoms with Crippen molar-refractivity contribution in [2.24, 2.45) is 0 Å². The summed E-state index contributed by atoms with van der Waals surface area (Å²) >= 11 is 6.13. The molecule has 2 unspecified atom stereocenters. The Kier molecular flexibility index (Phi) is 6.70. The summed E-state index contributed by atoms with van der Waals surface area (Å²) < 4.78 is 0. The number of aryl methyl sites for hydroxylation is 1. The Morgan fingerprint density at radius 1 is 0.889 bits per heavy atom. The summed E-state index contributed by atoms with van der Waals surface area (Å²) in [5.74, 6) is 2.45. The molecule has 6 nitrogen and oxygen atoms in total. The first-order valence-corrected chi connectivity index (χ1v) is 12.5. The average Bonchev–Trinajstić information content (AvgIpc) is 2.86. The molecule has 2 N–H and O–H groups in total. The molecular weight excluding hydrogens is 470 g/mol. The number of phenolic OH excluding ortho intramolecular Hbond substituents is 1. The van der Waals surface area contributed by atoms with Crippen molar-refractivity contribution in [1.82, 2.24) is 9.97 Å². The van der Waals surface area contributed by atoms with Crippen molar-refractivity contribution in [3.8, 4) is 17.1 Å². The van der Waals surface area contributed by atoms with E-state index in [2.05, 4.69) is 59.3 Å². The number of benzene rings is 3. The van der Waals surface area contributed by atoms with E-state index in [4.69, 9.17) is 21.6 Å². The zero-order valence-electron chi connectivity index (χ0n) is 20.7. The van der Waals surface area contributed by atoms with Gasteiger partial charge in [0.15, 0.2) is 5.82 Å². The number of piperazine rings is 1. The van der Waals surface area contributed by atoms with E-state index in [1.807, 2.05) is 43.3 Å². The van der Waals surface area contributed by atoms with Crippen molar-refractivity contribution in [2.45, 2.75) is 32.9 Å². The summed E-state index contributed by atoms with van der Waals surface area (Å²) in [7, 11) is 0. The van der Waals surface area contributed by atoms with Gasteiger partial charge in [-0.25, -0.2) is 9.97 Å². The zero-order chi connectivity index (χ0) is 25.2. The first-order chi connectivity index (χ1) is 17.4. The summed E-state index contributed by atoms with van der Waals surface area (Å²) in [6.07, 6.45) is 0. The van der Waals surface area contributed by atoms with Crippen molar-refractivity contribution < 1.29 is 5.11 Å². The number of rotatable bonds is 5. The molecule has 1 aromatic heterocycles. The smallest absolute Gasteiger partial charge is 0.163 e. The third-order valence-electron chi connectivity index (χ3n) is 6.59. The molecule has 1 aliphatic heterocycles. The van der Waals surface area contributed by atoms with Gasteiger partial charge in [-0.1, -0.05) is 29.8 Å². The van der Waals surface area contributed by atoms with E-state index in [0.717, 1.165) is 35.7 Å². The number of nitrogens with zero attached hydrogens (tertiary/aromatic N) is 4. The molecule has 5 rings (SSSR count).